The minimum Gasteiger partial charge on any atom is -0.468 e. The molecule has 20 heavy (non-hydrogen) atoms. The highest BCUT2D eigenvalue weighted by Gasteiger charge is 2.31. The highest BCUT2D eigenvalue weighted by Crippen LogP contribution is 2.21. The Morgan fingerprint density at radius 2 is 2.15 bits per heavy atom. The standard InChI is InChI=1S/C16H29N3O/c1-5-7-17-11-15-14(6-10-20-15)12-19-9-8-18(4)16(2,3)13-19/h6,10,17H,5,7-9,11-13H2,1-4H3. The third-order valence-electron chi connectivity index (χ3n) is 4.34. The van der Waals surface area contributed by atoms with E-state index in [-0.39, 0.29) is 5.54 Å². The van der Waals surface area contributed by atoms with Crippen LogP contribution in [0.15, 0.2) is 16.7 Å². The fraction of sp³-hybridized carbons (Fsp3) is 0.750. The Labute approximate surface area is 123 Å². The van der Waals surface area contributed by atoms with Gasteiger partial charge in [-0.1, -0.05) is 6.92 Å². The molecular weight excluding hydrogens is 250 g/mol. The Hall–Kier alpha value is -0.840. The number of nitrogens with one attached hydrogen (secondary N) is 1. The second-order valence-electron chi connectivity index (χ2n) is 6.49. The van der Waals surface area contributed by atoms with E-state index >= 15 is 0 Å². The summed E-state index contributed by atoms with van der Waals surface area (Å²) < 4.78 is 5.63. The average molecular weight is 279 g/mol. The predicted molar refractivity (Wildman–Crippen MR) is 82.7 cm³/mol. The van der Waals surface area contributed by atoms with E-state index in [0.717, 1.165) is 51.4 Å². The number of rotatable bonds is 6. The molecule has 0 bridgehead atoms. The van der Waals surface area contributed by atoms with Gasteiger partial charge in [-0.25, -0.2) is 0 Å². The lowest BCUT2D eigenvalue weighted by molar-refractivity contribution is 0.0357. The first-order valence-corrected chi connectivity index (χ1v) is 7.72. The lowest BCUT2D eigenvalue weighted by Gasteiger charge is -2.45. The van der Waals surface area contributed by atoms with Gasteiger partial charge in [-0.2, -0.15) is 0 Å². The Morgan fingerprint density at radius 1 is 1.35 bits per heavy atom. The zero-order valence-corrected chi connectivity index (χ0v) is 13.4. The number of furan rings is 1. The van der Waals surface area contributed by atoms with Crippen LogP contribution in [0.2, 0.25) is 0 Å². The molecule has 4 heteroatoms. The number of piperazine rings is 1. The monoisotopic (exact) mass is 279 g/mol. The van der Waals surface area contributed by atoms with Crippen LogP contribution < -0.4 is 5.32 Å². The SMILES string of the molecule is CCCNCc1occc1CN1CCN(C)C(C)(C)C1. The summed E-state index contributed by atoms with van der Waals surface area (Å²) in [6, 6.07) is 2.12. The molecule has 1 saturated heterocycles. The quantitative estimate of drug-likeness (QED) is 0.810. The smallest absolute Gasteiger partial charge is 0.122 e. The van der Waals surface area contributed by atoms with Crippen LogP contribution in [0.5, 0.6) is 0 Å². The molecule has 2 rings (SSSR count). The van der Waals surface area contributed by atoms with Crippen molar-refractivity contribution in [2.45, 2.75) is 45.8 Å². The fourth-order valence-electron chi connectivity index (χ4n) is 2.76. The topological polar surface area (TPSA) is 31.7 Å². The molecule has 0 atom stereocenters. The van der Waals surface area contributed by atoms with E-state index in [4.69, 9.17) is 4.42 Å². The number of nitrogens with zero attached hydrogens (tertiary/aromatic N) is 2. The molecule has 1 fully saturated rings. The molecule has 1 aromatic rings. The maximum absolute atomic E-state index is 5.63. The number of hydrogen-bond acceptors (Lipinski definition) is 4. The highest BCUT2D eigenvalue weighted by atomic mass is 16.3. The molecule has 114 valence electrons. The average Bonchev–Trinajstić information content (AvgIpc) is 2.81. The first kappa shape index (κ1) is 15.5. The van der Waals surface area contributed by atoms with Gasteiger partial charge in [0.05, 0.1) is 12.8 Å². The van der Waals surface area contributed by atoms with Crippen LogP contribution in [-0.4, -0.2) is 48.6 Å². The largest absolute Gasteiger partial charge is 0.468 e. The molecule has 0 radical (unpaired) electrons. The molecule has 2 heterocycles. The van der Waals surface area contributed by atoms with Gasteiger partial charge in [-0.15, -0.1) is 0 Å². The summed E-state index contributed by atoms with van der Waals surface area (Å²) in [5.41, 5.74) is 1.58. The highest BCUT2D eigenvalue weighted by molar-refractivity contribution is 5.17. The first-order valence-electron chi connectivity index (χ1n) is 7.72. The van der Waals surface area contributed by atoms with Crippen molar-refractivity contribution in [3.8, 4) is 0 Å². The van der Waals surface area contributed by atoms with Crippen LogP contribution >= 0.6 is 0 Å². The summed E-state index contributed by atoms with van der Waals surface area (Å²) in [5, 5.41) is 3.42. The fourth-order valence-corrected chi connectivity index (χ4v) is 2.76. The van der Waals surface area contributed by atoms with E-state index in [1.54, 1.807) is 0 Å². The molecule has 0 saturated carbocycles. The number of hydrogen-bond donors (Lipinski definition) is 1. The molecule has 0 spiro atoms. The van der Waals surface area contributed by atoms with Gasteiger partial charge in [0.2, 0.25) is 0 Å². The van der Waals surface area contributed by atoms with Crippen LogP contribution in [-0.2, 0) is 13.1 Å². The van der Waals surface area contributed by atoms with E-state index in [9.17, 15) is 0 Å². The third kappa shape index (κ3) is 3.84. The Bertz CT molecular complexity index is 414. The zero-order valence-electron chi connectivity index (χ0n) is 13.4. The van der Waals surface area contributed by atoms with E-state index < -0.39 is 0 Å². The van der Waals surface area contributed by atoms with Crippen molar-refractivity contribution in [2.24, 2.45) is 0 Å². The second kappa shape index (κ2) is 6.74. The summed E-state index contributed by atoms with van der Waals surface area (Å²) in [4.78, 5) is 4.98. The van der Waals surface area contributed by atoms with E-state index in [1.807, 2.05) is 6.26 Å². The summed E-state index contributed by atoms with van der Waals surface area (Å²) >= 11 is 0. The van der Waals surface area contributed by atoms with Crippen molar-refractivity contribution in [1.82, 2.24) is 15.1 Å². The van der Waals surface area contributed by atoms with Gasteiger partial charge in [-0.05, 0) is 39.9 Å². The zero-order chi connectivity index (χ0) is 14.6. The van der Waals surface area contributed by atoms with Crippen LogP contribution in [0.25, 0.3) is 0 Å². The van der Waals surface area contributed by atoms with Crippen molar-refractivity contribution in [1.29, 1.82) is 0 Å². The summed E-state index contributed by atoms with van der Waals surface area (Å²) in [6.07, 6.45) is 2.97. The van der Waals surface area contributed by atoms with Gasteiger partial charge in [0.25, 0.3) is 0 Å². The van der Waals surface area contributed by atoms with Crippen LogP contribution in [0.1, 0.15) is 38.5 Å². The summed E-state index contributed by atoms with van der Waals surface area (Å²) in [7, 11) is 2.22. The van der Waals surface area contributed by atoms with Crippen molar-refractivity contribution in [3.63, 3.8) is 0 Å². The van der Waals surface area contributed by atoms with E-state index in [1.165, 1.54) is 5.56 Å². The molecule has 0 amide bonds. The minimum atomic E-state index is 0.253. The summed E-state index contributed by atoms with van der Waals surface area (Å²) in [6.45, 7) is 13.1. The third-order valence-corrected chi connectivity index (χ3v) is 4.34. The van der Waals surface area contributed by atoms with Crippen molar-refractivity contribution in [2.75, 3.05) is 33.2 Å². The van der Waals surface area contributed by atoms with Gasteiger partial charge in [0.1, 0.15) is 5.76 Å². The van der Waals surface area contributed by atoms with Crippen LogP contribution in [0.4, 0.5) is 0 Å². The van der Waals surface area contributed by atoms with Gasteiger partial charge in [0, 0.05) is 37.3 Å². The van der Waals surface area contributed by atoms with Crippen molar-refractivity contribution in [3.05, 3.63) is 23.7 Å². The molecule has 0 aromatic carbocycles. The predicted octanol–water partition coefficient (Wildman–Crippen LogP) is 2.31. The molecule has 0 aliphatic carbocycles. The Kier molecular flexibility index (Phi) is 5.24. The summed E-state index contributed by atoms with van der Waals surface area (Å²) in [5.74, 6) is 1.09. The van der Waals surface area contributed by atoms with Gasteiger partial charge < -0.3 is 9.73 Å². The van der Waals surface area contributed by atoms with Crippen molar-refractivity contribution < 1.29 is 4.42 Å². The molecule has 0 unspecified atom stereocenters. The van der Waals surface area contributed by atoms with Gasteiger partial charge >= 0.3 is 0 Å². The second-order valence-corrected chi connectivity index (χ2v) is 6.49. The first-order chi connectivity index (χ1) is 9.53. The normalized spacial score (nSPS) is 20.4. The molecule has 1 aliphatic heterocycles. The molecule has 1 aromatic heterocycles. The molecule has 4 nitrogen and oxygen atoms in total. The lowest BCUT2D eigenvalue weighted by Crippen LogP contribution is -2.57. The van der Waals surface area contributed by atoms with Gasteiger partial charge in [-0.3, -0.25) is 9.80 Å². The minimum absolute atomic E-state index is 0.253. The van der Waals surface area contributed by atoms with Crippen LogP contribution in [0.3, 0.4) is 0 Å². The number of likely N-dealkylation sites (N-methyl/N-ethyl adjacent to an activating group) is 1. The Balaban J connectivity index is 1.92. The van der Waals surface area contributed by atoms with E-state index in [0.29, 0.717) is 0 Å². The molecule has 1 aliphatic rings. The maximum atomic E-state index is 5.63. The van der Waals surface area contributed by atoms with E-state index in [2.05, 4.69) is 49.0 Å². The van der Waals surface area contributed by atoms with Crippen molar-refractivity contribution >= 4 is 0 Å². The molecular formula is C16H29N3O. The molecule has 1 N–H and O–H groups in total. The Morgan fingerprint density at radius 3 is 2.85 bits per heavy atom. The lowest BCUT2D eigenvalue weighted by atomic mass is 9.99. The maximum Gasteiger partial charge on any atom is 0.122 e. The van der Waals surface area contributed by atoms with Crippen LogP contribution in [0, 0.1) is 0 Å². The van der Waals surface area contributed by atoms with Gasteiger partial charge in [0.15, 0.2) is 0 Å².